The van der Waals surface area contributed by atoms with Crippen molar-refractivity contribution in [1.29, 1.82) is 0 Å². The number of hydrogen-bond acceptors (Lipinski definition) is 4. The maximum absolute atomic E-state index is 12.4. The average molecular weight is 348 g/mol. The molecular weight excluding hydrogens is 332 g/mol. The van der Waals surface area contributed by atoms with Crippen molar-refractivity contribution < 1.29 is 8.42 Å². The maximum Gasteiger partial charge on any atom is 0.271 e. The summed E-state index contributed by atoms with van der Waals surface area (Å²) < 4.78 is 27.7. The molecule has 120 valence electrons. The number of nitrogens with one attached hydrogen (secondary N) is 2. The smallest absolute Gasteiger partial charge is 0.271 e. The van der Waals surface area contributed by atoms with Gasteiger partial charge in [0.1, 0.15) is 4.21 Å². The molecule has 23 heavy (non-hydrogen) atoms. The van der Waals surface area contributed by atoms with Gasteiger partial charge in [-0.25, -0.2) is 8.42 Å². The normalized spacial score (nSPS) is 11.7. The third-order valence-electron chi connectivity index (χ3n) is 3.53. The Morgan fingerprint density at radius 1 is 1.17 bits per heavy atom. The molecule has 1 aromatic carbocycles. The van der Waals surface area contributed by atoms with Gasteiger partial charge >= 0.3 is 0 Å². The second kappa shape index (κ2) is 5.82. The number of anilines is 1. The Kier molecular flexibility index (Phi) is 3.99. The van der Waals surface area contributed by atoms with Crippen LogP contribution in [0.3, 0.4) is 0 Å². The summed E-state index contributed by atoms with van der Waals surface area (Å²) in [5, 5.41) is 0.856. The van der Waals surface area contributed by atoms with Crippen LogP contribution in [-0.2, 0) is 16.4 Å². The minimum absolute atomic E-state index is 0.177. The molecule has 2 heterocycles. The zero-order valence-corrected chi connectivity index (χ0v) is 14.3. The Balaban J connectivity index is 1.97. The molecule has 0 unspecified atom stereocenters. The quantitative estimate of drug-likeness (QED) is 0.759. The molecule has 0 bridgehead atoms. The molecule has 0 saturated carbocycles. The second-order valence-electron chi connectivity index (χ2n) is 5.26. The van der Waals surface area contributed by atoms with Crippen LogP contribution >= 0.6 is 11.3 Å². The highest BCUT2D eigenvalue weighted by atomic mass is 32.2. The van der Waals surface area contributed by atoms with Gasteiger partial charge in [0, 0.05) is 10.4 Å². The summed E-state index contributed by atoms with van der Waals surface area (Å²) in [6.45, 7) is 3.72. The van der Waals surface area contributed by atoms with Gasteiger partial charge in [0.2, 0.25) is 0 Å². The first-order valence-electron chi connectivity index (χ1n) is 7.14. The fraction of sp³-hybridized carbons (Fsp3) is 0.188. The molecule has 0 atom stereocenters. The molecule has 0 amide bonds. The fourth-order valence-electron chi connectivity index (χ4n) is 2.27. The van der Waals surface area contributed by atoms with Gasteiger partial charge in [0.05, 0.1) is 11.2 Å². The Morgan fingerprint density at radius 3 is 2.65 bits per heavy atom. The van der Waals surface area contributed by atoms with E-state index in [1.165, 1.54) is 11.3 Å². The van der Waals surface area contributed by atoms with Gasteiger partial charge in [0.25, 0.3) is 15.6 Å². The van der Waals surface area contributed by atoms with Crippen molar-refractivity contribution in [3.63, 3.8) is 0 Å². The molecular formula is C16H16N2O3S2. The number of sulfonamides is 1. The summed E-state index contributed by atoms with van der Waals surface area (Å²) in [6.07, 6.45) is 0.802. The van der Waals surface area contributed by atoms with Crippen LogP contribution < -0.4 is 10.3 Å². The van der Waals surface area contributed by atoms with E-state index in [4.69, 9.17) is 0 Å². The van der Waals surface area contributed by atoms with Crippen LogP contribution in [0, 0.1) is 6.92 Å². The fourth-order valence-corrected chi connectivity index (χ4v) is 4.62. The number of benzene rings is 1. The van der Waals surface area contributed by atoms with Crippen molar-refractivity contribution in [3.05, 3.63) is 57.2 Å². The van der Waals surface area contributed by atoms with Gasteiger partial charge in [-0.2, -0.15) is 0 Å². The van der Waals surface area contributed by atoms with Crippen molar-refractivity contribution in [2.75, 3.05) is 4.72 Å². The summed E-state index contributed by atoms with van der Waals surface area (Å²) in [7, 11) is -3.61. The molecule has 3 aromatic rings. The summed E-state index contributed by atoms with van der Waals surface area (Å²) in [5.74, 6) is 0. The van der Waals surface area contributed by atoms with Crippen LogP contribution in [-0.4, -0.2) is 13.4 Å². The minimum Gasteiger partial charge on any atom is -0.322 e. The van der Waals surface area contributed by atoms with Gasteiger partial charge in [0.15, 0.2) is 0 Å². The first kappa shape index (κ1) is 15.8. The molecule has 3 rings (SSSR count). The van der Waals surface area contributed by atoms with E-state index in [0.717, 1.165) is 16.7 Å². The lowest BCUT2D eigenvalue weighted by molar-refractivity contribution is 0.603. The van der Waals surface area contributed by atoms with E-state index >= 15 is 0 Å². The standard InChI is InChI=1S/C16H16N2O3S2/c1-3-13-6-7-15(22-13)23(20,21)18-12-5-4-11-8-10(2)16(19)17-14(11)9-12/h4-9,18H,3H2,1-2H3,(H,17,19). The average Bonchev–Trinajstić information content (AvgIpc) is 2.98. The Hall–Kier alpha value is -2.12. The molecule has 2 aromatic heterocycles. The van der Waals surface area contributed by atoms with Gasteiger partial charge in [-0.05, 0) is 49.1 Å². The Labute approximate surface area is 138 Å². The van der Waals surface area contributed by atoms with Gasteiger partial charge in [-0.15, -0.1) is 11.3 Å². The number of hydrogen-bond donors (Lipinski definition) is 2. The monoisotopic (exact) mass is 348 g/mol. The van der Waals surface area contributed by atoms with Crippen molar-refractivity contribution in [2.45, 2.75) is 24.5 Å². The van der Waals surface area contributed by atoms with Gasteiger partial charge in [-0.1, -0.05) is 13.0 Å². The molecule has 0 radical (unpaired) electrons. The third-order valence-corrected chi connectivity index (χ3v) is 6.64. The largest absolute Gasteiger partial charge is 0.322 e. The number of thiophene rings is 1. The maximum atomic E-state index is 12.4. The molecule has 5 nitrogen and oxygen atoms in total. The molecule has 0 aliphatic carbocycles. The van der Waals surface area contributed by atoms with E-state index in [2.05, 4.69) is 9.71 Å². The zero-order valence-electron chi connectivity index (χ0n) is 12.7. The van der Waals surface area contributed by atoms with E-state index in [1.54, 1.807) is 37.3 Å². The van der Waals surface area contributed by atoms with E-state index in [1.807, 2.05) is 13.0 Å². The summed E-state index contributed by atoms with van der Waals surface area (Å²) in [4.78, 5) is 15.5. The predicted molar refractivity (Wildman–Crippen MR) is 93.8 cm³/mol. The van der Waals surface area contributed by atoms with Crippen LogP contribution in [0.4, 0.5) is 5.69 Å². The number of pyridine rings is 1. The third kappa shape index (κ3) is 3.16. The number of aromatic nitrogens is 1. The molecule has 0 aliphatic heterocycles. The highest BCUT2D eigenvalue weighted by Crippen LogP contribution is 2.25. The summed E-state index contributed by atoms with van der Waals surface area (Å²) in [6, 6.07) is 10.3. The van der Waals surface area contributed by atoms with Crippen molar-refractivity contribution in [2.24, 2.45) is 0 Å². The van der Waals surface area contributed by atoms with Gasteiger partial charge < -0.3 is 4.98 Å². The lowest BCUT2D eigenvalue weighted by atomic mass is 10.1. The SMILES string of the molecule is CCc1ccc(S(=O)(=O)Nc2ccc3cc(C)c(=O)[nH]c3c2)s1. The zero-order chi connectivity index (χ0) is 16.6. The molecule has 0 spiro atoms. The van der Waals surface area contributed by atoms with E-state index in [0.29, 0.717) is 16.8 Å². The highest BCUT2D eigenvalue weighted by molar-refractivity contribution is 7.94. The first-order chi connectivity index (χ1) is 10.9. The van der Waals surface area contributed by atoms with Gasteiger partial charge in [-0.3, -0.25) is 9.52 Å². The predicted octanol–water partition coefficient (Wildman–Crippen LogP) is 3.26. The molecule has 0 saturated heterocycles. The van der Waals surface area contributed by atoms with E-state index < -0.39 is 10.0 Å². The number of aromatic amines is 1. The summed E-state index contributed by atoms with van der Waals surface area (Å²) >= 11 is 1.26. The lowest BCUT2D eigenvalue weighted by Gasteiger charge is -2.08. The topological polar surface area (TPSA) is 79.0 Å². The summed E-state index contributed by atoms with van der Waals surface area (Å²) in [5.41, 5.74) is 1.46. The number of rotatable bonds is 4. The number of fused-ring (bicyclic) bond motifs is 1. The molecule has 0 aliphatic rings. The molecule has 2 N–H and O–H groups in total. The van der Waals surface area contributed by atoms with E-state index in [9.17, 15) is 13.2 Å². The van der Waals surface area contributed by atoms with Crippen molar-refractivity contribution in [3.8, 4) is 0 Å². The van der Waals surface area contributed by atoms with Crippen LogP contribution in [0.15, 0.2) is 45.4 Å². The first-order valence-corrected chi connectivity index (χ1v) is 9.44. The van der Waals surface area contributed by atoms with Crippen LogP contribution in [0.25, 0.3) is 10.9 Å². The van der Waals surface area contributed by atoms with Crippen molar-refractivity contribution >= 4 is 38.0 Å². The number of aryl methyl sites for hydroxylation is 2. The van der Waals surface area contributed by atoms with Crippen molar-refractivity contribution in [1.82, 2.24) is 4.98 Å². The molecule has 7 heteroatoms. The Bertz CT molecular complexity index is 1030. The highest BCUT2D eigenvalue weighted by Gasteiger charge is 2.17. The van der Waals surface area contributed by atoms with Crippen LogP contribution in [0.5, 0.6) is 0 Å². The van der Waals surface area contributed by atoms with Crippen LogP contribution in [0.2, 0.25) is 0 Å². The minimum atomic E-state index is -3.61. The number of H-pyrrole nitrogens is 1. The Morgan fingerprint density at radius 2 is 1.96 bits per heavy atom. The second-order valence-corrected chi connectivity index (χ2v) is 8.34. The van der Waals surface area contributed by atoms with E-state index in [-0.39, 0.29) is 9.77 Å². The lowest BCUT2D eigenvalue weighted by Crippen LogP contribution is -2.12. The van der Waals surface area contributed by atoms with Crippen LogP contribution in [0.1, 0.15) is 17.4 Å². The molecule has 0 fully saturated rings.